The molecule has 0 atom stereocenters. The van der Waals surface area contributed by atoms with Gasteiger partial charge in [-0.1, -0.05) is 23.7 Å². The van der Waals surface area contributed by atoms with Crippen molar-refractivity contribution < 1.29 is 4.79 Å². The van der Waals surface area contributed by atoms with Gasteiger partial charge in [-0.3, -0.25) is 4.79 Å². The number of benzene rings is 2. The van der Waals surface area contributed by atoms with Crippen LogP contribution in [-0.4, -0.2) is 12.5 Å². The average Bonchev–Trinajstić information content (AvgIpc) is 2.47. The maximum atomic E-state index is 11.9. The van der Waals surface area contributed by atoms with Gasteiger partial charge in [-0.25, -0.2) is 0 Å². The number of amides is 1. The molecule has 0 saturated carbocycles. The molecular formula is C15H11ClIN3O. The van der Waals surface area contributed by atoms with Crippen LogP contribution in [0.3, 0.4) is 0 Å². The highest BCUT2D eigenvalue weighted by atomic mass is 127. The third kappa shape index (κ3) is 4.34. The van der Waals surface area contributed by atoms with Gasteiger partial charge in [-0.15, -0.1) is 0 Å². The van der Waals surface area contributed by atoms with Crippen molar-refractivity contribution in [2.75, 3.05) is 17.2 Å². The first-order valence-corrected chi connectivity index (χ1v) is 7.53. The molecule has 2 N–H and O–H groups in total. The van der Waals surface area contributed by atoms with Crippen molar-refractivity contribution in [3.05, 3.63) is 56.6 Å². The Morgan fingerprint density at radius 2 is 2.00 bits per heavy atom. The van der Waals surface area contributed by atoms with E-state index in [-0.39, 0.29) is 12.5 Å². The first-order chi connectivity index (χ1) is 10.1. The molecule has 0 fully saturated rings. The molecule has 6 heteroatoms. The number of carbonyl (C=O) groups excluding carboxylic acids is 1. The molecule has 0 saturated heterocycles. The Hall–Kier alpha value is -1.78. The molecule has 0 heterocycles. The number of hydrogen-bond acceptors (Lipinski definition) is 3. The van der Waals surface area contributed by atoms with Gasteiger partial charge in [0.1, 0.15) is 6.07 Å². The van der Waals surface area contributed by atoms with E-state index in [2.05, 4.69) is 33.2 Å². The standard InChI is InChI=1S/C15H11ClIN3O/c16-11-6-5-10(8-18)14(7-11)20-15(21)9-19-13-4-2-1-3-12(13)17/h1-7,19H,9H2,(H,20,21). The van der Waals surface area contributed by atoms with Gasteiger partial charge in [-0.05, 0) is 52.9 Å². The molecule has 106 valence electrons. The summed E-state index contributed by atoms with van der Waals surface area (Å²) in [6.07, 6.45) is 0. The first kappa shape index (κ1) is 15.6. The first-order valence-electron chi connectivity index (χ1n) is 6.08. The molecule has 4 nitrogen and oxygen atoms in total. The second kappa shape index (κ2) is 7.29. The second-order valence-corrected chi connectivity index (χ2v) is 5.78. The van der Waals surface area contributed by atoms with Crippen LogP contribution in [0.1, 0.15) is 5.56 Å². The van der Waals surface area contributed by atoms with Crippen LogP contribution >= 0.6 is 34.2 Å². The van der Waals surface area contributed by atoms with Crippen LogP contribution in [0.15, 0.2) is 42.5 Å². The van der Waals surface area contributed by atoms with Gasteiger partial charge in [0, 0.05) is 14.3 Å². The van der Waals surface area contributed by atoms with E-state index in [9.17, 15) is 4.79 Å². The van der Waals surface area contributed by atoms with Crippen molar-refractivity contribution in [1.29, 1.82) is 5.26 Å². The van der Waals surface area contributed by atoms with Crippen LogP contribution in [0.2, 0.25) is 5.02 Å². The SMILES string of the molecule is N#Cc1ccc(Cl)cc1NC(=O)CNc1ccccc1I. The number of para-hydroxylation sites is 1. The molecule has 0 aliphatic heterocycles. The highest BCUT2D eigenvalue weighted by Crippen LogP contribution is 2.20. The number of nitrogens with one attached hydrogen (secondary N) is 2. The minimum Gasteiger partial charge on any atom is -0.375 e. The Labute approximate surface area is 141 Å². The minimum absolute atomic E-state index is 0.109. The molecule has 0 aliphatic rings. The summed E-state index contributed by atoms with van der Waals surface area (Å²) in [5, 5.41) is 15.2. The van der Waals surface area contributed by atoms with Crippen LogP contribution in [-0.2, 0) is 4.79 Å². The molecule has 2 rings (SSSR count). The van der Waals surface area contributed by atoms with E-state index in [1.807, 2.05) is 30.3 Å². The second-order valence-electron chi connectivity index (χ2n) is 4.18. The number of carbonyl (C=O) groups is 1. The van der Waals surface area contributed by atoms with E-state index in [4.69, 9.17) is 16.9 Å². The molecule has 21 heavy (non-hydrogen) atoms. The zero-order chi connectivity index (χ0) is 15.2. The zero-order valence-electron chi connectivity index (χ0n) is 10.9. The van der Waals surface area contributed by atoms with Gasteiger partial charge in [0.05, 0.1) is 17.8 Å². The Morgan fingerprint density at radius 3 is 2.71 bits per heavy atom. The van der Waals surface area contributed by atoms with Gasteiger partial charge in [0.25, 0.3) is 0 Å². The zero-order valence-corrected chi connectivity index (χ0v) is 13.8. The molecule has 0 spiro atoms. The summed E-state index contributed by atoms with van der Waals surface area (Å²) in [4.78, 5) is 11.9. The van der Waals surface area contributed by atoms with E-state index >= 15 is 0 Å². The van der Waals surface area contributed by atoms with Gasteiger partial charge < -0.3 is 10.6 Å². The Morgan fingerprint density at radius 1 is 1.24 bits per heavy atom. The highest BCUT2D eigenvalue weighted by Gasteiger charge is 2.08. The van der Waals surface area contributed by atoms with E-state index in [1.165, 1.54) is 0 Å². The summed E-state index contributed by atoms with van der Waals surface area (Å²) < 4.78 is 1.03. The third-order valence-corrected chi connectivity index (χ3v) is 3.87. The van der Waals surface area contributed by atoms with Crippen molar-refractivity contribution in [3.8, 4) is 6.07 Å². The van der Waals surface area contributed by atoms with E-state index in [0.29, 0.717) is 16.3 Å². The fourth-order valence-corrected chi connectivity index (χ4v) is 2.44. The Bertz CT molecular complexity index is 712. The lowest BCUT2D eigenvalue weighted by Crippen LogP contribution is -2.22. The molecular weight excluding hydrogens is 401 g/mol. The summed E-state index contributed by atoms with van der Waals surface area (Å²) in [5.41, 5.74) is 1.68. The van der Waals surface area contributed by atoms with Crippen LogP contribution in [0.4, 0.5) is 11.4 Å². The number of nitriles is 1. The maximum Gasteiger partial charge on any atom is 0.243 e. The smallest absolute Gasteiger partial charge is 0.243 e. The summed E-state index contributed by atoms with van der Waals surface area (Å²) in [6, 6.07) is 14.4. The lowest BCUT2D eigenvalue weighted by atomic mass is 10.2. The molecule has 2 aromatic carbocycles. The third-order valence-electron chi connectivity index (χ3n) is 2.69. The fourth-order valence-electron chi connectivity index (χ4n) is 1.69. The fraction of sp³-hybridized carbons (Fsp3) is 0.0667. The molecule has 0 aromatic heterocycles. The maximum absolute atomic E-state index is 11.9. The monoisotopic (exact) mass is 411 g/mol. The van der Waals surface area contributed by atoms with Crippen molar-refractivity contribution in [2.45, 2.75) is 0 Å². The number of nitrogens with zero attached hydrogens (tertiary/aromatic N) is 1. The van der Waals surface area contributed by atoms with Gasteiger partial charge in [0.2, 0.25) is 5.91 Å². The average molecular weight is 412 g/mol. The van der Waals surface area contributed by atoms with Gasteiger partial charge in [0.15, 0.2) is 0 Å². The van der Waals surface area contributed by atoms with Crippen molar-refractivity contribution >= 4 is 51.5 Å². The number of halogens is 2. The Kier molecular flexibility index (Phi) is 5.42. The number of anilines is 2. The van der Waals surface area contributed by atoms with Crippen molar-refractivity contribution in [1.82, 2.24) is 0 Å². The quantitative estimate of drug-likeness (QED) is 0.751. The largest absolute Gasteiger partial charge is 0.375 e. The molecule has 0 bridgehead atoms. The molecule has 2 aromatic rings. The lowest BCUT2D eigenvalue weighted by Gasteiger charge is -2.10. The minimum atomic E-state index is -0.242. The van der Waals surface area contributed by atoms with E-state index in [1.54, 1.807) is 18.2 Å². The summed E-state index contributed by atoms with van der Waals surface area (Å²) in [7, 11) is 0. The predicted molar refractivity (Wildman–Crippen MR) is 92.4 cm³/mol. The summed E-state index contributed by atoms with van der Waals surface area (Å²) >= 11 is 8.07. The Balaban J connectivity index is 2.01. The predicted octanol–water partition coefficient (Wildman–Crippen LogP) is 3.87. The normalized spacial score (nSPS) is 9.76. The highest BCUT2D eigenvalue weighted by molar-refractivity contribution is 14.1. The van der Waals surface area contributed by atoms with Crippen LogP contribution in [0.25, 0.3) is 0 Å². The van der Waals surface area contributed by atoms with Gasteiger partial charge >= 0.3 is 0 Å². The van der Waals surface area contributed by atoms with Gasteiger partial charge in [-0.2, -0.15) is 5.26 Å². The topological polar surface area (TPSA) is 64.9 Å². The summed E-state index contributed by atoms with van der Waals surface area (Å²) in [5.74, 6) is -0.242. The number of rotatable bonds is 4. The van der Waals surface area contributed by atoms with Crippen LogP contribution in [0, 0.1) is 14.9 Å². The van der Waals surface area contributed by atoms with Crippen LogP contribution in [0.5, 0.6) is 0 Å². The van der Waals surface area contributed by atoms with E-state index in [0.717, 1.165) is 9.26 Å². The lowest BCUT2D eigenvalue weighted by molar-refractivity contribution is -0.114. The molecule has 0 radical (unpaired) electrons. The molecule has 1 amide bonds. The van der Waals surface area contributed by atoms with E-state index < -0.39 is 0 Å². The van der Waals surface area contributed by atoms with Crippen molar-refractivity contribution in [3.63, 3.8) is 0 Å². The molecule has 0 aliphatic carbocycles. The molecule has 0 unspecified atom stereocenters. The van der Waals surface area contributed by atoms with Crippen molar-refractivity contribution in [2.24, 2.45) is 0 Å². The summed E-state index contributed by atoms with van der Waals surface area (Å²) in [6.45, 7) is 0.109. The van der Waals surface area contributed by atoms with Crippen LogP contribution < -0.4 is 10.6 Å². The number of hydrogen-bond donors (Lipinski definition) is 2.